The predicted octanol–water partition coefficient (Wildman–Crippen LogP) is 0.729. The summed E-state index contributed by atoms with van der Waals surface area (Å²) in [6, 6.07) is -0.0187. The van der Waals surface area contributed by atoms with Crippen molar-refractivity contribution in [3.8, 4) is 0 Å². The minimum absolute atomic E-state index is 0.184. The van der Waals surface area contributed by atoms with Crippen molar-refractivity contribution in [1.82, 2.24) is 15.1 Å². The zero-order valence-electron chi connectivity index (χ0n) is 12.0. The van der Waals surface area contributed by atoms with Gasteiger partial charge in [0.2, 0.25) is 0 Å². The van der Waals surface area contributed by atoms with Gasteiger partial charge in [0.1, 0.15) is 5.54 Å². The van der Waals surface area contributed by atoms with Gasteiger partial charge in [0.15, 0.2) is 0 Å². The number of hydrogen-bond acceptors (Lipinski definition) is 3. The molecule has 4 fully saturated rings. The molecule has 2 amide bonds. The molecule has 4 saturated heterocycles. The quantitative estimate of drug-likeness (QED) is 0.782. The molecule has 4 aliphatic rings. The maximum Gasteiger partial charge on any atom is 0.329 e. The fourth-order valence-corrected chi connectivity index (χ4v) is 3.88. The van der Waals surface area contributed by atoms with E-state index in [9.17, 15) is 14.7 Å². The van der Waals surface area contributed by atoms with Gasteiger partial charge in [0, 0.05) is 19.1 Å². The Morgan fingerprint density at radius 1 is 1.25 bits per heavy atom. The molecule has 0 aliphatic carbocycles. The van der Waals surface area contributed by atoms with Gasteiger partial charge in [-0.2, -0.15) is 0 Å². The van der Waals surface area contributed by atoms with Crippen LogP contribution >= 0.6 is 0 Å². The van der Waals surface area contributed by atoms with Crippen molar-refractivity contribution in [2.45, 2.75) is 44.2 Å². The molecular weight excluding hydrogens is 258 g/mol. The lowest BCUT2D eigenvalue weighted by molar-refractivity contribution is -0.147. The Labute approximate surface area is 119 Å². The second kappa shape index (κ2) is 4.91. The minimum Gasteiger partial charge on any atom is -0.480 e. The molecule has 112 valence electrons. The van der Waals surface area contributed by atoms with Crippen molar-refractivity contribution >= 4 is 12.0 Å². The van der Waals surface area contributed by atoms with Crippen LogP contribution in [0, 0.1) is 5.92 Å². The molecule has 2 unspecified atom stereocenters. The number of nitrogens with one attached hydrogen (secondary N) is 1. The monoisotopic (exact) mass is 281 g/mol. The molecule has 2 N–H and O–H groups in total. The SMILES string of the molecule is CC1(C(=O)O)CCCN1C(=O)NC1CN2CCC1CC2. The van der Waals surface area contributed by atoms with Crippen molar-refractivity contribution in [3.05, 3.63) is 0 Å². The number of carboxylic acid groups (broad SMARTS) is 1. The lowest BCUT2D eigenvalue weighted by Gasteiger charge is -2.45. The van der Waals surface area contributed by atoms with Gasteiger partial charge >= 0.3 is 12.0 Å². The van der Waals surface area contributed by atoms with Crippen LogP contribution in [0.4, 0.5) is 4.79 Å². The van der Waals surface area contributed by atoms with E-state index in [1.807, 2.05) is 0 Å². The van der Waals surface area contributed by atoms with E-state index < -0.39 is 11.5 Å². The number of fused-ring (bicyclic) bond motifs is 3. The summed E-state index contributed by atoms with van der Waals surface area (Å²) in [5.41, 5.74) is -1.04. The molecule has 4 aliphatic heterocycles. The number of aliphatic carboxylic acids is 1. The number of amides is 2. The second-order valence-corrected chi connectivity index (χ2v) is 6.53. The highest BCUT2D eigenvalue weighted by atomic mass is 16.4. The summed E-state index contributed by atoms with van der Waals surface area (Å²) in [5.74, 6) is -0.346. The van der Waals surface area contributed by atoms with Crippen LogP contribution in [0.1, 0.15) is 32.6 Å². The molecule has 4 rings (SSSR count). The van der Waals surface area contributed by atoms with Crippen molar-refractivity contribution in [1.29, 1.82) is 0 Å². The van der Waals surface area contributed by atoms with Crippen molar-refractivity contribution < 1.29 is 14.7 Å². The van der Waals surface area contributed by atoms with E-state index in [2.05, 4.69) is 10.2 Å². The van der Waals surface area contributed by atoms with E-state index >= 15 is 0 Å². The fraction of sp³-hybridized carbons (Fsp3) is 0.857. The second-order valence-electron chi connectivity index (χ2n) is 6.53. The van der Waals surface area contributed by atoms with Crippen molar-refractivity contribution in [2.75, 3.05) is 26.2 Å². The summed E-state index contributed by atoms with van der Waals surface area (Å²) >= 11 is 0. The highest BCUT2D eigenvalue weighted by Crippen LogP contribution is 2.31. The minimum atomic E-state index is -1.04. The van der Waals surface area contributed by atoms with Crippen LogP contribution in [-0.2, 0) is 4.79 Å². The van der Waals surface area contributed by atoms with E-state index in [-0.39, 0.29) is 12.1 Å². The normalized spacial score (nSPS) is 39.9. The summed E-state index contributed by atoms with van der Waals surface area (Å²) in [4.78, 5) is 27.8. The van der Waals surface area contributed by atoms with Gasteiger partial charge in [-0.05, 0) is 51.6 Å². The molecule has 2 bridgehead atoms. The summed E-state index contributed by atoms with van der Waals surface area (Å²) in [6.45, 7) is 5.36. The van der Waals surface area contributed by atoms with E-state index in [1.54, 1.807) is 6.92 Å². The third-order valence-corrected chi connectivity index (χ3v) is 5.31. The number of carboxylic acids is 1. The van der Waals surface area contributed by atoms with E-state index in [4.69, 9.17) is 0 Å². The van der Waals surface area contributed by atoms with Crippen LogP contribution in [-0.4, -0.2) is 64.7 Å². The number of piperidine rings is 3. The maximum atomic E-state index is 12.4. The van der Waals surface area contributed by atoms with Crippen LogP contribution in [0.25, 0.3) is 0 Å². The van der Waals surface area contributed by atoms with Gasteiger partial charge in [0.25, 0.3) is 0 Å². The summed E-state index contributed by atoms with van der Waals surface area (Å²) < 4.78 is 0. The van der Waals surface area contributed by atoms with Gasteiger partial charge < -0.3 is 20.2 Å². The van der Waals surface area contributed by atoms with Crippen molar-refractivity contribution in [2.24, 2.45) is 5.92 Å². The van der Waals surface area contributed by atoms with Crippen molar-refractivity contribution in [3.63, 3.8) is 0 Å². The van der Waals surface area contributed by atoms with Gasteiger partial charge in [-0.15, -0.1) is 0 Å². The molecular formula is C14H23N3O3. The first-order valence-electron chi connectivity index (χ1n) is 7.54. The Morgan fingerprint density at radius 2 is 1.95 bits per heavy atom. The number of rotatable bonds is 2. The first-order valence-corrected chi connectivity index (χ1v) is 7.54. The molecule has 0 spiro atoms. The number of nitrogens with zero attached hydrogens (tertiary/aromatic N) is 2. The van der Waals surface area contributed by atoms with Gasteiger partial charge in [-0.25, -0.2) is 9.59 Å². The molecule has 0 saturated carbocycles. The zero-order chi connectivity index (χ0) is 14.3. The first-order chi connectivity index (χ1) is 9.50. The van der Waals surface area contributed by atoms with Gasteiger partial charge in [-0.1, -0.05) is 0 Å². The summed E-state index contributed by atoms with van der Waals surface area (Å²) in [6.07, 6.45) is 3.58. The standard InChI is InChI=1S/C14H23N3O3/c1-14(12(18)19)5-2-6-17(14)13(20)15-11-9-16-7-3-10(11)4-8-16/h10-11H,2-9H2,1H3,(H,15,20)(H,18,19). The molecule has 0 aromatic carbocycles. The summed E-state index contributed by atoms with van der Waals surface area (Å²) in [7, 11) is 0. The van der Waals surface area contributed by atoms with Crippen LogP contribution in [0.15, 0.2) is 0 Å². The Hall–Kier alpha value is -1.30. The number of likely N-dealkylation sites (tertiary alicyclic amines) is 1. The molecule has 2 atom stereocenters. The molecule has 0 aromatic heterocycles. The third-order valence-electron chi connectivity index (χ3n) is 5.31. The third kappa shape index (κ3) is 2.16. The fourth-order valence-electron chi connectivity index (χ4n) is 3.88. The number of urea groups is 1. The van der Waals surface area contributed by atoms with Gasteiger partial charge in [-0.3, -0.25) is 0 Å². The molecule has 0 radical (unpaired) electrons. The molecule has 20 heavy (non-hydrogen) atoms. The number of hydrogen-bond donors (Lipinski definition) is 2. The topological polar surface area (TPSA) is 72.9 Å². The predicted molar refractivity (Wildman–Crippen MR) is 73.5 cm³/mol. The van der Waals surface area contributed by atoms with E-state index in [0.29, 0.717) is 18.9 Å². The maximum absolute atomic E-state index is 12.4. The molecule has 0 aromatic rings. The van der Waals surface area contributed by atoms with Crippen LogP contribution in [0.3, 0.4) is 0 Å². The Morgan fingerprint density at radius 3 is 2.50 bits per heavy atom. The Bertz CT molecular complexity index is 420. The smallest absolute Gasteiger partial charge is 0.329 e. The highest BCUT2D eigenvalue weighted by Gasteiger charge is 2.47. The molecule has 6 nitrogen and oxygen atoms in total. The van der Waals surface area contributed by atoms with Crippen LogP contribution in [0.5, 0.6) is 0 Å². The average Bonchev–Trinajstić information content (AvgIpc) is 2.84. The van der Waals surface area contributed by atoms with Gasteiger partial charge in [0.05, 0.1) is 0 Å². The Kier molecular flexibility index (Phi) is 3.36. The highest BCUT2D eigenvalue weighted by molar-refractivity contribution is 5.86. The average molecular weight is 281 g/mol. The molecule has 6 heteroatoms. The van der Waals surface area contributed by atoms with E-state index in [0.717, 1.165) is 38.9 Å². The van der Waals surface area contributed by atoms with E-state index in [1.165, 1.54) is 4.90 Å². The number of carbonyl (C=O) groups is 2. The first kappa shape index (κ1) is 13.7. The largest absolute Gasteiger partial charge is 0.480 e. The Balaban J connectivity index is 1.66. The molecule has 4 heterocycles. The summed E-state index contributed by atoms with van der Waals surface area (Å²) in [5, 5.41) is 12.5. The lowest BCUT2D eigenvalue weighted by atomic mass is 9.84. The van der Waals surface area contributed by atoms with Crippen LogP contribution < -0.4 is 5.32 Å². The van der Waals surface area contributed by atoms with Crippen LogP contribution in [0.2, 0.25) is 0 Å². The lowest BCUT2D eigenvalue weighted by Crippen LogP contribution is -2.61. The zero-order valence-corrected chi connectivity index (χ0v) is 12.0. The number of carbonyl (C=O) groups excluding carboxylic acids is 1.